The van der Waals surface area contributed by atoms with E-state index in [-0.39, 0.29) is 17.7 Å². The van der Waals surface area contributed by atoms with Gasteiger partial charge in [0.05, 0.1) is 12.8 Å². The molecule has 1 heterocycles. The van der Waals surface area contributed by atoms with Crippen molar-refractivity contribution in [2.24, 2.45) is 5.92 Å². The van der Waals surface area contributed by atoms with Crippen molar-refractivity contribution < 1.29 is 14.3 Å². The number of aryl methyl sites for hydroxylation is 1. The van der Waals surface area contributed by atoms with Gasteiger partial charge >= 0.3 is 0 Å². The van der Waals surface area contributed by atoms with Crippen molar-refractivity contribution in [3.63, 3.8) is 0 Å². The molecule has 5 nitrogen and oxygen atoms in total. The van der Waals surface area contributed by atoms with Gasteiger partial charge in [0.1, 0.15) is 5.75 Å². The van der Waals surface area contributed by atoms with Crippen LogP contribution in [0.5, 0.6) is 5.75 Å². The Bertz CT molecular complexity index is 828. The van der Waals surface area contributed by atoms with E-state index in [2.05, 4.69) is 21.2 Å². The quantitative estimate of drug-likeness (QED) is 0.787. The predicted molar refractivity (Wildman–Crippen MR) is 109 cm³/mol. The number of anilines is 1. The Morgan fingerprint density at radius 2 is 1.78 bits per heavy atom. The molecular weight excluding hydrogens is 408 g/mol. The van der Waals surface area contributed by atoms with E-state index < -0.39 is 0 Å². The summed E-state index contributed by atoms with van der Waals surface area (Å²) in [6, 6.07) is 13.0. The second-order valence-electron chi connectivity index (χ2n) is 6.77. The minimum absolute atomic E-state index is 0.00205. The minimum Gasteiger partial charge on any atom is -0.497 e. The van der Waals surface area contributed by atoms with E-state index in [1.54, 1.807) is 31.4 Å². The molecule has 27 heavy (non-hydrogen) atoms. The summed E-state index contributed by atoms with van der Waals surface area (Å²) in [6.07, 6.45) is 1.33. The van der Waals surface area contributed by atoms with Crippen LogP contribution in [0.1, 0.15) is 28.8 Å². The van der Waals surface area contributed by atoms with Crippen LogP contribution in [0, 0.1) is 12.8 Å². The van der Waals surface area contributed by atoms with Gasteiger partial charge in [-0.2, -0.15) is 0 Å². The van der Waals surface area contributed by atoms with Crippen LogP contribution in [-0.4, -0.2) is 36.9 Å². The summed E-state index contributed by atoms with van der Waals surface area (Å²) in [5.41, 5.74) is 2.55. The summed E-state index contributed by atoms with van der Waals surface area (Å²) in [5, 5.41) is 2.99. The van der Waals surface area contributed by atoms with E-state index in [9.17, 15) is 9.59 Å². The van der Waals surface area contributed by atoms with Crippen molar-refractivity contribution in [2.45, 2.75) is 19.8 Å². The normalized spacial score (nSPS) is 14.7. The van der Waals surface area contributed by atoms with Gasteiger partial charge in [0.25, 0.3) is 5.91 Å². The molecule has 3 rings (SSSR count). The number of likely N-dealkylation sites (tertiary alicyclic amines) is 1. The van der Waals surface area contributed by atoms with Gasteiger partial charge in [-0.25, -0.2) is 0 Å². The summed E-state index contributed by atoms with van der Waals surface area (Å²) in [7, 11) is 1.60. The van der Waals surface area contributed by atoms with E-state index in [4.69, 9.17) is 4.74 Å². The molecule has 0 spiro atoms. The highest BCUT2D eigenvalue weighted by Crippen LogP contribution is 2.26. The van der Waals surface area contributed by atoms with Gasteiger partial charge in [0, 0.05) is 29.0 Å². The van der Waals surface area contributed by atoms with Crippen LogP contribution in [0.4, 0.5) is 5.69 Å². The summed E-state index contributed by atoms with van der Waals surface area (Å²) >= 11 is 3.49. The van der Waals surface area contributed by atoms with Crippen LogP contribution >= 0.6 is 15.9 Å². The third kappa shape index (κ3) is 4.69. The highest BCUT2D eigenvalue weighted by atomic mass is 79.9. The number of carbonyl (C=O) groups is 2. The summed E-state index contributed by atoms with van der Waals surface area (Å²) in [4.78, 5) is 27.0. The SMILES string of the molecule is COc1ccc(C(=O)N2CCC(C(=O)Nc3ccc(C)cc3Br)CC2)cc1. The number of nitrogens with zero attached hydrogens (tertiary/aromatic N) is 1. The molecule has 0 saturated carbocycles. The molecule has 0 atom stereocenters. The molecule has 2 aromatic carbocycles. The van der Waals surface area contributed by atoms with Gasteiger partial charge in [-0.3, -0.25) is 9.59 Å². The lowest BCUT2D eigenvalue weighted by Gasteiger charge is -2.31. The summed E-state index contributed by atoms with van der Waals surface area (Å²) in [5.74, 6) is 0.649. The van der Waals surface area contributed by atoms with E-state index in [1.807, 2.05) is 30.0 Å². The number of ether oxygens (including phenoxy) is 1. The first kappa shape index (κ1) is 19.4. The number of hydrogen-bond acceptors (Lipinski definition) is 3. The van der Waals surface area contributed by atoms with Gasteiger partial charge in [0.15, 0.2) is 0 Å². The number of carbonyl (C=O) groups excluding carboxylic acids is 2. The van der Waals surface area contributed by atoms with Crippen molar-refractivity contribution >= 4 is 33.4 Å². The topological polar surface area (TPSA) is 58.6 Å². The van der Waals surface area contributed by atoms with Gasteiger partial charge in [-0.15, -0.1) is 0 Å². The predicted octanol–water partition coefficient (Wildman–Crippen LogP) is 4.26. The van der Waals surface area contributed by atoms with Crippen LogP contribution in [0.3, 0.4) is 0 Å². The Morgan fingerprint density at radius 3 is 2.37 bits per heavy atom. The zero-order valence-corrected chi connectivity index (χ0v) is 17.1. The fourth-order valence-electron chi connectivity index (χ4n) is 3.22. The molecule has 2 aromatic rings. The molecule has 0 unspecified atom stereocenters. The van der Waals surface area contributed by atoms with E-state index in [1.165, 1.54) is 0 Å². The van der Waals surface area contributed by atoms with Crippen LogP contribution in [0.2, 0.25) is 0 Å². The Morgan fingerprint density at radius 1 is 1.11 bits per heavy atom. The van der Waals surface area contributed by atoms with Crippen LogP contribution in [-0.2, 0) is 4.79 Å². The lowest BCUT2D eigenvalue weighted by atomic mass is 9.95. The number of benzene rings is 2. The molecule has 2 amide bonds. The molecular formula is C21H23BrN2O3. The molecule has 142 valence electrons. The third-order valence-corrected chi connectivity index (χ3v) is 5.53. The lowest BCUT2D eigenvalue weighted by Crippen LogP contribution is -2.41. The number of rotatable bonds is 4. The first-order valence-electron chi connectivity index (χ1n) is 8.98. The molecule has 0 bridgehead atoms. The average molecular weight is 431 g/mol. The van der Waals surface area contributed by atoms with E-state index in [0.29, 0.717) is 31.5 Å². The summed E-state index contributed by atoms with van der Waals surface area (Å²) < 4.78 is 6.00. The van der Waals surface area contributed by atoms with Gasteiger partial charge < -0.3 is 15.0 Å². The van der Waals surface area contributed by atoms with Gasteiger partial charge in [0.2, 0.25) is 5.91 Å². The van der Waals surface area contributed by atoms with Crippen molar-refractivity contribution in [1.29, 1.82) is 0 Å². The fraction of sp³-hybridized carbons (Fsp3) is 0.333. The highest BCUT2D eigenvalue weighted by Gasteiger charge is 2.28. The van der Waals surface area contributed by atoms with E-state index in [0.717, 1.165) is 21.5 Å². The molecule has 0 radical (unpaired) electrons. The molecule has 0 aliphatic carbocycles. The molecule has 0 aromatic heterocycles. The molecule has 1 fully saturated rings. The van der Waals surface area contributed by atoms with Crippen molar-refractivity contribution in [1.82, 2.24) is 4.90 Å². The first-order valence-corrected chi connectivity index (χ1v) is 9.77. The van der Waals surface area contributed by atoms with Crippen LogP contribution < -0.4 is 10.1 Å². The Hall–Kier alpha value is -2.34. The standard InChI is InChI=1S/C21H23BrN2O3/c1-14-3-8-19(18(22)13-14)23-20(25)15-9-11-24(12-10-15)21(26)16-4-6-17(27-2)7-5-16/h3-8,13,15H,9-12H2,1-2H3,(H,23,25). The zero-order valence-electron chi connectivity index (χ0n) is 15.5. The number of hydrogen-bond donors (Lipinski definition) is 1. The number of halogens is 1. The number of methoxy groups -OCH3 is 1. The first-order chi connectivity index (χ1) is 13.0. The second kappa shape index (κ2) is 8.57. The molecule has 6 heteroatoms. The number of amides is 2. The Labute approximate surface area is 167 Å². The smallest absolute Gasteiger partial charge is 0.253 e. The minimum atomic E-state index is -0.0851. The van der Waals surface area contributed by atoms with Crippen molar-refractivity contribution in [3.8, 4) is 5.75 Å². The summed E-state index contributed by atoms with van der Waals surface area (Å²) in [6.45, 7) is 3.17. The monoisotopic (exact) mass is 430 g/mol. The average Bonchev–Trinajstić information content (AvgIpc) is 2.69. The molecule has 1 aliphatic heterocycles. The van der Waals surface area contributed by atoms with Gasteiger partial charge in [-0.05, 0) is 77.7 Å². The number of piperidine rings is 1. The Kier molecular flexibility index (Phi) is 6.16. The molecule has 1 N–H and O–H groups in total. The maximum atomic E-state index is 12.6. The van der Waals surface area contributed by atoms with Crippen LogP contribution in [0.25, 0.3) is 0 Å². The molecule has 1 aliphatic rings. The Balaban J connectivity index is 1.56. The second-order valence-corrected chi connectivity index (χ2v) is 7.62. The lowest BCUT2D eigenvalue weighted by molar-refractivity contribution is -0.121. The van der Waals surface area contributed by atoms with Crippen molar-refractivity contribution in [2.75, 3.05) is 25.5 Å². The van der Waals surface area contributed by atoms with E-state index >= 15 is 0 Å². The zero-order chi connectivity index (χ0) is 19.4. The van der Waals surface area contributed by atoms with Crippen molar-refractivity contribution in [3.05, 3.63) is 58.1 Å². The third-order valence-electron chi connectivity index (χ3n) is 4.87. The highest BCUT2D eigenvalue weighted by molar-refractivity contribution is 9.10. The maximum Gasteiger partial charge on any atom is 0.253 e. The van der Waals surface area contributed by atoms with Crippen LogP contribution in [0.15, 0.2) is 46.9 Å². The maximum absolute atomic E-state index is 12.6. The molecule has 1 saturated heterocycles. The fourth-order valence-corrected chi connectivity index (χ4v) is 3.81. The van der Waals surface area contributed by atoms with Gasteiger partial charge in [-0.1, -0.05) is 6.07 Å². The largest absolute Gasteiger partial charge is 0.497 e. The number of nitrogens with one attached hydrogen (secondary N) is 1.